The molecule has 4 nitrogen and oxygen atoms in total. The Morgan fingerprint density at radius 3 is 2.86 bits per heavy atom. The summed E-state index contributed by atoms with van der Waals surface area (Å²) in [4.78, 5) is 16.1. The lowest BCUT2D eigenvalue weighted by Gasteiger charge is -2.02. The average molecular weight is 306 g/mol. The normalized spacial score (nSPS) is 10.6. The number of furan rings is 1. The SMILES string of the molecule is O=C(Nc1nc(-c2ccco2)cs1)c1ccc(F)cc1F. The third kappa shape index (κ3) is 2.82. The molecule has 2 heterocycles. The van der Waals surface area contributed by atoms with Crippen molar-refractivity contribution in [3.63, 3.8) is 0 Å². The first-order valence-corrected chi connectivity index (χ1v) is 6.77. The van der Waals surface area contributed by atoms with Gasteiger partial charge in [-0.1, -0.05) is 0 Å². The molecule has 21 heavy (non-hydrogen) atoms. The van der Waals surface area contributed by atoms with Crippen LogP contribution >= 0.6 is 11.3 Å². The summed E-state index contributed by atoms with van der Waals surface area (Å²) >= 11 is 1.18. The number of amides is 1. The first kappa shape index (κ1) is 13.4. The molecular formula is C14H8F2N2O2S. The van der Waals surface area contributed by atoms with Crippen molar-refractivity contribution >= 4 is 22.4 Å². The summed E-state index contributed by atoms with van der Waals surface area (Å²) in [6.45, 7) is 0. The third-order valence-corrected chi connectivity index (χ3v) is 3.43. The predicted octanol–water partition coefficient (Wildman–Crippen LogP) is 3.93. The van der Waals surface area contributed by atoms with E-state index in [0.717, 1.165) is 12.1 Å². The fraction of sp³-hybridized carbons (Fsp3) is 0. The van der Waals surface area contributed by atoms with Crippen molar-refractivity contribution in [1.82, 2.24) is 4.98 Å². The van der Waals surface area contributed by atoms with Crippen LogP contribution < -0.4 is 5.32 Å². The van der Waals surface area contributed by atoms with Gasteiger partial charge in [0.1, 0.15) is 17.3 Å². The Labute approximate surface area is 122 Å². The van der Waals surface area contributed by atoms with E-state index >= 15 is 0 Å². The second-order valence-electron chi connectivity index (χ2n) is 4.09. The van der Waals surface area contributed by atoms with Crippen molar-refractivity contribution in [3.05, 3.63) is 59.2 Å². The largest absolute Gasteiger partial charge is 0.463 e. The highest BCUT2D eigenvalue weighted by molar-refractivity contribution is 7.14. The summed E-state index contributed by atoms with van der Waals surface area (Å²) in [5.74, 6) is -1.78. The van der Waals surface area contributed by atoms with E-state index < -0.39 is 17.5 Å². The van der Waals surface area contributed by atoms with E-state index in [4.69, 9.17) is 4.42 Å². The highest BCUT2D eigenvalue weighted by Gasteiger charge is 2.15. The van der Waals surface area contributed by atoms with E-state index in [9.17, 15) is 13.6 Å². The fourth-order valence-electron chi connectivity index (χ4n) is 1.71. The Kier molecular flexibility index (Phi) is 3.49. The lowest BCUT2D eigenvalue weighted by molar-refractivity contribution is 0.102. The molecule has 0 unspecified atom stereocenters. The minimum Gasteiger partial charge on any atom is -0.463 e. The Hall–Kier alpha value is -2.54. The zero-order valence-corrected chi connectivity index (χ0v) is 11.3. The molecule has 3 rings (SSSR count). The number of nitrogens with one attached hydrogen (secondary N) is 1. The van der Waals surface area contributed by atoms with Crippen LogP contribution in [-0.4, -0.2) is 10.9 Å². The second-order valence-corrected chi connectivity index (χ2v) is 4.95. The van der Waals surface area contributed by atoms with Crippen LogP contribution in [0.1, 0.15) is 10.4 Å². The monoisotopic (exact) mass is 306 g/mol. The van der Waals surface area contributed by atoms with E-state index in [1.807, 2.05) is 0 Å². The maximum absolute atomic E-state index is 13.5. The van der Waals surface area contributed by atoms with Crippen molar-refractivity contribution in [2.24, 2.45) is 0 Å². The Morgan fingerprint density at radius 1 is 1.29 bits per heavy atom. The van der Waals surface area contributed by atoms with Gasteiger partial charge in [-0.15, -0.1) is 11.3 Å². The van der Waals surface area contributed by atoms with Crippen LogP contribution in [0.3, 0.4) is 0 Å². The number of carbonyl (C=O) groups is 1. The van der Waals surface area contributed by atoms with Crippen LogP contribution in [-0.2, 0) is 0 Å². The van der Waals surface area contributed by atoms with Crippen molar-refractivity contribution in [2.45, 2.75) is 0 Å². The minimum absolute atomic E-state index is 0.244. The van der Waals surface area contributed by atoms with Gasteiger partial charge in [0.2, 0.25) is 0 Å². The molecule has 0 spiro atoms. The van der Waals surface area contributed by atoms with Gasteiger partial charge in [0.05, 0.1) is 11.8 Å². The molecule has 1 N–H and O–H groups in total. The smallest absolute Gasteiger partial charge is 0.260 e. The number of anilines is 1. The molecule has 2 aromatic heterocycles. The summed E-state index contributed by atoms with van der Waals surface area (Å²) in [6.07, 6.45) is 1.51. The maximum Gasteiger partial charge on any atom is 0.260 e. The third-order valence-electron chi connectivity index (χ3n) is 2.67. The van der Waals surface area contributed by atoms with Crippen molar-refractivity contribution < 1.29 is 18.0 Å². The Balaban J connectivity index is 1.79. The molecule has 7 heteroatoms. The maximum atomic E-state index is 13.5. The zero-order chi connectivity index (χ0) is 14.8. The van der Waals surface area contributed by atoms with Crippen LogP contribution in [0.4, 0.5) is 13.9 Å². The van der Waals surface area contributed by atoms with E-state index in [2.05, 4.69) is 10.3 Å². The molecule has 0 fully saturated rings. The zero-order valence-electron chi connectivity index (χ0n) is 10.5. The first-order valence-electron chi connectivity index (χ1n) is 5.89. The Bertz CT molecular complexity index is 784. The van der Waals surface area contributed by atoms with Gasteiger partial charge in [-0.05, 0) is 24.3 Å². The van der Waals surface area contributed by atoms with Gasteiger partial charge < -0.3 is 4.42 Å². The lowest BCUT2D eigenvalue weighted by Crippen LogP contribution is -2.13. The van der Waals surface area contributed by atoms with E-state index in [-0.39, 0.29) is 5.56 Å². The Morgan fingerprint density at radius 2 is 2.14 bits per heavy atom. The molecule has 0 aliphatic heterocycles. The summed E-state index contributed by atoms with van der Waals surface area (Å²) in [7, 11) is 0. The van der Waals surface area contributed by atoms with Gasteiger partial charge >= 0.3 is 0 Å². The van der Waals surface area contributed by atoms with Gasteiger partial charge in [0.25, 0.3) is 5.91 Å². The van der Waals surface area contributed by atoms with E-state index in [1.165, 1.54) is 17.6 Å². The molecule has 0 atom stereocenters. The standard InChI is InChI=1S/C14H8F2N2O2S/c15-8-3-4-9(10(16)6-8)13(19)18-14-17-11(7-21-14)12-2-1-5-20-12/h1-7H,(H,17,18,19). The minimum atomic E-state index is -0.921. The van der Waals surface area contributed by atoms with Crippen LogP contribution in [0.5, 0.6) is 0 Å². The average Bonchev–Trinajstić information content (AvgIpc) is 3.08. The predicted molar refractivity (Wildman–Crippen MR) is 74.1 cm³/mol. The number of hydrogen-bond donors (Lipinski definition) is 1. The van der Waals surface area contributed by atoms with Crippen molar-refractivity contribution in [2.75, 3.05) is 5.32 Å². The molecule has 3 aromatic rings. The molecule has 0 radical (unpaired) electrons. The number of carbonyl (C=O) groups excluding carboxylic acids is 1. The molecule has 0 aliphatic rings. The second kappa shape index (κ2) is 5.45. The summed E-state index contributed by atoms with van der Waals surface area (Å²) in [5.41, 5.74) is 0.325. The number of rotatable bonds is 3. The topological polar surface area (TPSA) is 55.1 Å². The van der Waals surface area contributed by atoms with Gasteiger partial charge in [-0.2, -0.15) is 0 Å². The highest BCUT2D eigenvalue weighted by Crippen LogP contribution is 2.25. The molecule has 1 amide bonds. The van der Waals surface area contributed by atoms with Gasteiger partial charge in [-0.25, -0.2) is 13.8 Å². The van der Waals surface area contributed by atoms with Crippen molar-refractivity contribution in [1.29, 1.82) is 0 Å². The molecule has 0 aliphatic carbocycles. The first-order chi connectivity index (χ1) is 10.1. The molecule has 106 valence electrons. The van der Waals surface area contributed by atoms with E-state index in [0.29, 0.717) is 22.7 Å². The van der Waals surface area contributed by atoms with Gasteiger partial charge in [-0.3, -0.25) is 10.1 Å². The van der Waals surface area contributed by atoms with Gasteiger partial charge in [0.15, 0.2) is 10.9 Å². The summed E-state index contributed by atoms with van der Waals surface area (Å²) < 4.78 is 31.5. The quantitative estimate of drug-likeness (QED) is 0.797. The molecule has 1 aromatic carbocycles. The van der Waals surface area contributed by atoms with Crippen LogP contribution in [0, 0.1) is 11.6 Å². The van der Waals surface area contributed by atoms with E-state index in [1.54, 1.807) is 17.5 Å². The number of hydrogen-bond acceptors (Lipinski definition) is 4. The van der Waals surface area contributed by atoms with Gasteiger partial charge in [0, 0.05) is 11.4 Å². The number of nitrogens with zero attached hydrogens (tertiary/aromatic N) is 1. The number of benzene rings is 1. The molecule has 0 saturated carbocycles. The fourth-order valence-corrected chi connectivity index (χ4v) is 2.40. The molecular weight excluding hydrogens is 298 g/mol. The number of aromatic nitrogens is 1. The number of thiazole rings is 1. The van der Waals surface area contributed by atoms with Crippen LogP contribution in [0.15, 0.2) is 46.4 Å². The van der Waals surface area contributed by atoms with Crippen LogP contribution in [0.25, 0.3) is 11.5 Å². The lowest BCUT2D eigenvalue weighted by atomic mass is 10.2. The molecule has 0 bridgehead atoms. The molecule has 0 saturated heterocycles. The summed E-state index contributed by atoms with van der Waals surface area (Å²) in [6, 6.07) is 6.22. The number of halogens is 2. The highest BCUT2D eigenvalue weighted by atomic mass is 32.1. The van der Waals surface area contributed by atoms with Crippen molar-refractivity contribution in [3.8, 4) is 11.5 Å². The summed E-state index contributed by atoms with van der Waals surface area (Å²) in [5, 5.41) is 4.47. The van der Waals surface area contributed by atoms with Crippen LogP contribution in [0.2, 0.25) is 0 Å².